The SMILES string of the molecule is C=CCCC(=C/CC(O)NCCC(C)CCN(CC)c1ccccc1)/C(=C\C)OC. The fourth-order valence-electron chi connectivity index (χ4n) is 3.48. The summed E-state index contributed by atoms with van der Waals surface area (Å²) >= 11 is 0. The van der Waals surface area contributed by atoms with Gasteiger partial charge in [-0.3, -0.25) is 5.32 Å². The number of rotatable bonds is 16. The number of hydrogen-bond acceptors (Lipinski definition) is 4. The molecule has 0 fully saturated rings. The third kappa shape index (κ3) is 10.1. The first-order valence-electron chi connectivity index (χ1n) is 11.3. The van der Waals surface area contributed by atoms with Gasteiger partial charge in [0.2, 0.25) is 0 Å². The van der Waals surface area contributed by atoms with Gasteiger partial charge in [-0.05, 0) is 75.8 Å². The lowest BCUT2D eigenvalue weighted by Gasteiger charge is -2.25. The Morgan fingerprint density at radius 1 is 1.27 bits per heavy atom. The number of aliphatic hydroxyl groups is 1. The molecule has 0 saturated heterocycles. The maximum atomic E-state index is 10.3. The molecule has 2 N–H and O–H groups in total. The monoisotopic (exact) mass is 414 g/mol. The molecule has 2 unspecified atom stereocenters. The summed E-state index contributed by atoms with van der Waals surface area (Å²) in [5.74, 6) is 1.47. The van der Waals surface area contributed by atoms with Crippen LogP contribution in [0.3, 0.4) is 0 Å². The van der Waals surface area contributed by atoms with Gasteiger partial charge in [-0.25, -0.2) is 0 Å². The number of para-hydroxylation sites is 1. The summed E-state index contributed by atoms with van der Waals surface area (Å²) in [6, 6.07) is 10.6. The number of ether oxygens (including phenoxy) is 1. The van der Waals surface area contributed by atoms with E-state index in [-0.39, 0.29) is 0 Å². The number of methoxy groups -OCH3 is 1. The van der Waals surface area contributed by atoms with Crippen LogP contribution in [0.5, 0.6) is 0 Å². The van der Waals surface area contributed by atoms with Crippen LogP contribution in [0, 0.1) is 5.92 Å². The molecule has 30 heavy (non-hydrogen) atoms. The van der Waals surface area contributed by atoms with Crippen molar-refractivity contribution < 1.29 is 9.84 Å². The number of aliphatic hydroxyl groups excluding tert-OH is 1. The van der Waals surface area contributed by atoms with Crippen LogP contribution in [-0.2, 0) is 4.74 Å². The molecule has 0 aliphatic carbocycles. The number of nitrogens with one attached hydrogen (secondary N) is 1. The fraction of sp³-hybridized carbons (Fsp3) is 0.538. The fourth-order valence-corrected chi connectivity index (χ4v) is 3.48. The van der Waals surface area contributed by atoms with Crippen molar-refractivity contribution in [1.82, 2.24) is 5.32 Å². The highest BCUT2D eigenvalue weighted by atomic mass is 16.5. The third-order valence-electron chi connectivity index (χ3n) is 5.42. The van der Waals surface area contributed by atoms with Crippen LogP contribution in [0.25, 0.3) is 0 Å². The normalized spacial score (nSPS) is 14.3. The van der Waals surface area contributed by atoms with E-state index in [1.807, 2.05) is 19.1 Å². The first-order valence-corrected chi connectivity index (χ1v) is 11.3. The minimum atomic E-state index is -0.539. The minimum absolute atomic E-state index is 0.539. The molecule has 0 aliphatic rings. The van der Waals surface area contributed by atoms with Gasteiger partial charge in [0.25, 0.3) is 0 Å². The Labute approximate surface area is 184 Å². The zero-order valence-electron chi connectivity index (χ0n) is 19.4. The molecule has 0 radical (unpaired) electrons. The van der Waals surface area contributed by atoms with Crippen molar-refractivity contribution >= 4 is 5.69 Å². The van der Waals surface area contributed by atoms with Gasteiger partial charge in [-0.2, -0.15) is 0 Å². The van der Waals surface area contributed by atoms with Crippen LogP contribution in [0.1, 0.15) is 52.9 Å². The van der Waals surface area contributed by atoms with Crippen molar-refractivity contribution in [3.05, 3.63) is 66.5 Å². The molecule has 2 atom stereocenters. The van der Waals surface area contributed by atoms with Crippen LogP contribution in [-0.4, -0.2) is 38.1 Å². The van der Waals surface area contributed by atoms with Crippen molar-refractivity contribution in [2.45, 2.75) is 59.1 Å². The summed E-state index contributed by atoms with van der Waals surface area (Å²) in [5, 5.41) is 13.6. The molecule has 1 rings (SSSR count). The average Bonchev–Trinajstić information content (AvgIpc) is 2.77. The Bertz CT molecular complexity index is 640. The first kappa shape index (κ1) is 26.0. The van der Waals surface area contributed by atoms with Crippen molar-refractivity contribution in [2.24, 2.45) is 5.92 Å². The maximum absolute atomic E-state index is 10.3. The highest BCUT2D eigenvalue weighted by molar-refractivity contribution is 5.45. The second-order valence-corrected chi connectivity index (χ2v) is 7.72. The zero-order chi connectivity index (χ0) is 22.2. The van der Waals surface area contributed by atoms with Gasteiger partial charge in [0.05, 0.1) is 7.11 Å². The Hall–Kier alpha value is -2.04. The number of allylic oxidation sites excluding steroid dienone is 3. The lowest BCUT2D eigenvalue weighted by atomic mass is 10.0. The van der Waals surface area contributed by atoms with Gasteiger partial charge in [0.15, 0.2) is 0 Å². The molecule has 0 bridgehead atoms. The summed E-state index contributed by atoms with van der Waals surface area (Å²) in [6.45, 7) is 13.1. The van der Waals surface area contributed by atoms with Crippen molar-refractivity contribution in [1.29, 1.82) is 0 Å². The molecule has 4 heteroatoms. The average molecular weight is 415 g/mol. The number of hydrogen-bond donors (Lipinski definition) is 2. The lowest BCUT2D eigenvalue weighted by Crippen LogP contribution is -2.30. The second kappa shape index (κ2) is 15.8. The van der Waals surface area contributed by atoms with E-state index >= 15 is 0 Å². The molecule has 0 spiro atoms. The van der Waals surface area contributed by atoms with Crippen LogP contribution in [0.15, 0.2) is 66.5 Å². The number of anilines is 1. The molecule has 1 aromatic carbocycles. The quantitative estimate of drug-likeness (QED) is 0.158. The van der Waals surface area contributed by atoms with Gasteiger partial charge in [0.1, 0.15) is 12.0 Å². The Morgan fingerprint density at radius 3 is 2.60 bits per heavy atom. The molecule has 0 heterocycles. The molecule has 0 saturated carbocycles. The highest BCUT2D eigenvalue weighted by Gasteiger charge is 2.10. The molecule has 1 aromatic rings. The largest absolute Gasteiger partial charge is 0.497 e. The van der Waals surface area contributed by atoms with E-state index < -0.39 is 6.23 Å². The van der Waals surface area contributed by atoms with E-state index in [0.29, 0.717) is 12.3 Å². The van der Waals surface area contributed by atoms with Gasteiger partial charge < -0.3 is 14.7 Å². The Balaban J connectivity index is 2.38. The molecule has 0 aromatic heterocycles. The number of nitrogens with zero attached hydrogens (tertiary/aromatic N) is 1. The van der Waals surface area contributed by atoms with E-state index in [9.17, 15) is 5.11 Å². The predicted octanol–water partition coefficient (Wildman–Crippen LogP) is 5.67. The van der Waals surface area contributed by atoms with Crippen LogP contribution < -0.4 is 10.2 Å². The topological polar surface area (TPSA) is 44.7 Å². The van der Waals surface area contributed by atoms with Crippen molar-refractivity contribution in [3.63, 3.8) is 0 Å². The van der Waals surface area contributed by atoms with Gasteiger partial charge in [-0.15, -0.1) is 6.58 Å². The smallest absolute Gasteiger partial charge is 0.117 e. The molecular weight excluding hydrogens is 372 g/mol. The van der Waals surface area contributed by atoms with Crippen LogP contribution >= 0.6 is 0 Å². The van der Waals surface area contributed by atoms with Crippen LogP contribution in [0.4, 0.5) is 5.69 Å². The maximum Gasteiger partial charge on any atom is 0.117 e. The van der Waals surface area contributed by atoms with E-state index in [0.717, 1.165) is 56.6 Å². The van der Waals surface area contributed by atoms with E-state index in [1.54, 1.807) is 7.11 Å². The van der Waals surface area contributed by atoms with Gasteiger partial charge >= 0.3 is 0 Å². The van der Waals surface area contributed by atoms with Crippen molar-refractivity contribution in [2.75, 3.05) is 31.6 Å². The first-order chi connectivity index (χ1) is 14.5. The van der Waals surface area contributed by atoms with E-state index in [4.69, 9.17) is 4.74 Å². The zero-order valence-corrected chi connectivity index (χ0v) is 19.4. The second-order valence-electron chi connectivity index (χ2n) is 7.72. The van der Waals surface area contributed by atoms with E-state index in [2.05, 4.69) is 67.1 Å². The summed E-state index contributed by atoms with van der Waals surface area (Å²) in [6.07, 6.45) is 9.93. The minimum Gasteiger partial charge on any atom is -0.497 e. The summed E-state index contributed by atoms with van der Waals surface area (Å²) in [7, 11) is 1.69. The van der Waals surface area contributed by atoms with Crippen molar-refractivity contribution in [3.8, 4) is 0 Å². The third-order valence-corrected chi connectivity index (χ3v) is 5.42. The standard InChI is InChI=1S/C26H42N2O2/c1-6-9-13-23(25(7-2)30-5)16-17-26(29)27-20-18-22(4)19-21-28(8-3)24-14-11-10-12-15-24/h6-7,10-12,14-16,22,26-27,29H,1,8-9,13,17-21H2,2-5H3/b23-16-,25-7+. The highest BCUT2D eigenvalue weighted by Crippen LogP contribution is 2.19. The molecule has 4 nitrogen and oxygen atoms in total. The van der Waals surface area contributed by atoms with Crippen LogP contribution in [0.2, 0.25) is 0 Å². The molecule has 0 aliphatic heterocycles. The van der Waals surface area contributed by atoms with E-state index in [1.165, 1.54) is 5.69 Å². The molecule has 168 valence electrons. The Morgan fingerprint density at radius 2 is 2.00 bits per heavy atom. The number of benzene rings is 1. The predicted molar refractivity (Wildman–Crippen MR) is 130 cm³/mol. The van der Waals surface area contributed by atoms with Gasteiger partial charge in [0, 0.05) is 25.2 Å². The summed E-state index contributed by atoms with van der Waals surface area (Å²) in [5.41, 5.74) is 2.41. The van der Waals surface area contributed by atoms with Gasteiger partial charge in [-0.1, -0.05) is 37.3 Å². The Kier molecular flexibility index (Phi) is 13.7. The summed E-state index contributed by atoms with van der Waals surface area (Å²) < 4.78 is 5.44. The summed E-state index contributed by atoms with van der Waals surface area (Å²) in [4.78, 5) is 2.42. The molecule has 0 amide bonds. The molecular formula is C26H42N2O2. The lowest BCUT2D eigenvalue weighted by molar-refractivity contribution is 0.138.